The van der Waals surface area contributed by atoms with Gasteiger partial charge in [0.15, 0.2) is 11.7 Å². The number of ketones is 1. The minimum Gasteiger partial charge on any atom is -0.370 e. The van der Waals surface area contributed by atoms with E-state index in [1.807, 2.05) is 0 Å². The maximum Gasteiger partial charge on any atom is 0.243 e. The highest BCUT2D eigenvalue weighted by molar-refractivity contribution is 6.42. The van der Waals surface area contributed by atoms with Crippen LogP contribution in [0.15, 0.2) is 18.2 Å². The number of nitrogens with one attached hydrogen (secondary N) is 7. The van der Waals surface area contributed by atoms with E-state index in [4.69, 9.17) is 51.5 Å². The number of rotatable bonds is 28. The molecule has 0 bridgehead atoms. The Morgan fingerprint density at radius 2 is 1.30 bits per heavy atom. The molecule has 15 N–H and O–H groups in total. The fourth-order valence-corrected chi connectivity index (χ4v) is 7.77. The zero-order valence-corrected chi connectivity index (χ0v) is 38.2. The summed E-state index contributed by atoms with van der Waals surface area (Å²) in [6.07, 6.45) is 3.27. The number of carbonyl (C=O) groups excluding carboxylic acids is 9. The summed E-state index contributed by atoms with van der Waals surface area (Å²) in [6.45, 7) is 5.03. The molecular formula is C42H65Cl2N11O9. The summed E-state index contributed by atoms with van der Waals surface area (Å²) in [5, 5.41) is 23.4. The number of primary amides is 3. The molecule has 6 atom stereocenters. The summed E-state index contributed by atoms with van der Waals surface area (Å²) in [7, 11) is 0. The number of guanidine groups is 1. The van der Waals surface area contributed by atoms with E-state index in [1.54, 1.807) is 19.9 Å². The molecule has 1 fully saturated rings. The maximum atomic E-state index is 14.2. The number of halogens is 2. The Labute approximate surface area is 383 Å². The van der Waals surface area contributed by atoms with Crippen molar-refractivity contribution in [3.05, 3.63) is 33.8 Å². The molecule has 1 aromatic rings. The van der Waals surface area contributed by atoms with Crippen molar-refractivity contribution in [1.82, 2.24) is 31.9 Å². The quantitative estimate of drug-likeness (QED) is 0.0312. The van der Waals surface area contributed by atoms with Crippen LogP contribution in [0.1, 0.15) is 110 Å². The molecule has 0 heterocycles. The number of Topliss-reactive ketones (excluding diaryl/α,β-unsaturated/α-hetero) is 1. The molecule has 2 rings (SSSR count). The fraction of sp³-hybridized carbons (Fsp3) is 0.619. The van der Waals surface area contributed by atoms with Crippen LogP contribution in [0.3, 0.4) is 0 Å². The lowest BCUT2D eigenvalue weighted by Crippen LogP contribution is -2.59. The van der Waals surface area contributed by atoms with Gasteiger partial charge in [0.05, 0.1) is 22.5 Å². The van der Waals surface area contributed by atoms with Crippen LogP contribution in [0.25, 0.3) is 0 Å². The molecule has 22 heteroatoms. The molecule has 0 radical (unpaired) electrons. The van der Waals surface area contributed by atoms with Gasteiger partial charge in [0.2, 0.25) is 47.3 Å². The Kier molecular flexibility index (Phi) is 23.6. The van der Waals surface area contributed by atoms with Gasteiger partial charge in [0.1, 0.15) is 24.2 Å². The summed E-state index contributed by atoms with van der Waals surface area (Å²) in [6, 6.07) is -1.78. The standard InChI is InChI=1S/C42H65Cl2N11O9/c1-22(2)16-31(39(62)52-30(37(47)60)19-25-11-13-27(43)28(44)17-25)54-41(64)33(21-36(46)59)55-40(63)32(18-24-8-5-4-6-9-24)53-38(61)26(12-14-35(45)58)20-34(57)29(51-23(3)56)10-7-15-50-42(48)49/h11,13,17,22,24,26,29-33H,4-10,12,14-16,18-21H2,1-3H3,(H2,45,58)(H2,46,59)(H2,47,60)(H,51,56)(H,52,62)(H,53,61)(H,54,64)(H,55,63)(H4,48,49,50)/t26-,29+,30+,31+,32+,33+/m1/s1. The number of carbonyl (C=O) groups is 9. The lowest BCUT2D eigenvalue weighted by Gasteiger charge is -2.30. The van der Waals surface area contributed by atoms with E-state index < -0.39 is 102 Å². The molecule has 0 saturated heterocycles. The number of benzene rings is 1. The molecule has 1 aliphatic rings. The molecule has 356 valence electrons. The summed E-state index contributed by atoms with van der Waals surface area (Å²) < 4.78 is 0. The topological polar surface area (TPSA) is 354 Å². The van der Waals surface area contributed by atoms with Crippen molar-refractivity contribution in [2.75, 3.05) is 6.54 Å². The Hall–Kier alpha value is -5.50. The van der Waals surface area contributed by atoms with Crippen molar-refractivity contribution in [3.63, 3.8) is 0 Å². The number of amides is 8. The van der Waals surface area contributed by atoms with E-state index in [0.29, 0.717) is 12.0 Å². The van der Waals surface area contributed by atoms with Crippen LogP contribution < -0.4 is 54.8 Å². The predicted molar refractivity (Wildman–Crippen MR) is 240 cm³/mol. The average Bonchev–Trinajstić information content (AvgIpc) is 3.20. The van der Waals surface area contributed by atoms with Crippen molar-refractivity contribution in [2.45, 2.75) is 141 Å². The average molecular weight is 939 g/mol. The van der Waals surface area contributed by atoms with Gasteiger partial charge in [0, 0.05) is 38.6 Å². The second-order valence-electron chi connectivity index (χ2n) is 16.7. The fourth-order valence-electron chi connectivity index (χ4n) is 7.45. The molecule has 0 aromatic heterocycles. The first-order chi connectivity index (χ1) is 30.1. The number of nitrogens with two attached hydrogens (primary N) is 4. The first-order valence-corrected chi connectivity index (χ1v) is 22.2. The molecule has 0 unspecified atom stereocenters. The SMILES string of the molecule is CC(=O)N[C@@H](CCCNC(=N)N)C(=O)C[C@@H](CCC(N)=O)C(=O)N[C@@H](CC1CCCCC1)C(=O)N[C@@H](CC(N)=O)C(=O)N[C@@H](CC(C)C)C(=O)N[C@@H](Cc1ccc(Cl)c(Cl)c1)C(N)=O. The zero-order valence-electron chi connectivity index (χ0n) is 36.7. The van der Waals surface area contributed by atoms with Crippen molar-refractivity contribution in [2.24, 2.45) is 40.7 Å². The second kappa shape index (κ2) is 27.6. The zero-order chi connectivity index (χ0) is 48.1. The van der Waals surface area contributed by atoms with Crippen molar-refractivity contribution in [1.29, 1.82) is 5.41 Å². The van der Waals surface area contributed by atoms with Gasteiger partial charge in [-0.05, 0) is 61.6 Å². The Bertz CT molecular complexity index is 1840. The van der Waals surface area contributed by atoms with Gasteiger partial charge in [-0.25, -0.2) is 0 Å². The first kappa shape index (κ1) is 54.6. The molecular weight excluding hydrogens is 873 g/mol. The summed E-state index contributed by atoms with van der Waals surface area (Å²) in [5.41, 5.74) is 22.4. The third-order valence-electron chi connectivity index (χ3n) is 10.7. The normalized spacial score (nSPS) is 15.5. The van der Waals surface area contributed by atoms with Crippen LogP contribution in [0.4, 0.5) is 0 Å². The van der Waals surface area contributed by atoms with Gasteiger partial charge in [-0.2, -0.15) is 0 Å². The first-order valence-electron chi connectivity index (χ1n) is 21.4. The summed E-state index contributed by atoms with van der Waals surface area (Å²) in [5.74, 6) is -8.59. The number of hydrogen-bond acceptors (Lipinski definition) is 10. The van der Waals surface area contributed by atoms with Gasteiger partial charge in [-0.1, -0.05) is 75.2 Å². The Balaban J connectivity index is 2.38. The molecule has 1 aliphatic carbocycles. The maximum absolute atomic E-state index is 14.2. The third-order valence-corrected chi connectivity index (χ3v) is 11.4. The van der Waals surface area contributed by atoms with Crippen LogP contribution >= 0.6 is 23.2 Å². The predicted octanol–water partition coefficient (Wildman–Crippen LogP) is 0.461. The van der Waals surface area contributed by atoms with Crippen LogP contribution in [0.5, 0.6) is 0 Å². The monoisotopic (exact) mass is 937 g/mol. The molecule has 64 heavy (non-hydrogen) atoms. The van der Waals surface area contributed by atoms with Crippen LogP contribution in [0.2, 0.25) is 10.0 Å². The van der Waals surface area contributed by atoms with E-state index in [2.05, 4.69) is 31.9 Å². The highest BCUT2D eigenvalue weighted by atomic mass is 35.5. The second-order valence-corrected chi connectivity index (χ2v) is 17.6. The minimum atomic E-state index is -1.62. The lowest BCUT2D eigenvalue weighted by molar-refractivity contribution is -0.137. The van der Waals surface area contributed by atoms with Crippen LogP contribution in [0, 0.1) is 23.2 Å². The van der Waals surface area contributed by atoms with Gasteiger partial charge in [0.25, 0.3) is 0 Å². The molecule has 1 aromatic carbocycles. The lowest BCUT2D eigenvalue weighted by atomic mass is 9.84. The molecule has 1 saturated carbocycles. The molecule has 8 amide bonds. The smallest absolute Gasteiger partial charge is 0.243 e. The largest absolute Gasteiger partial charge is 0.370 e. The van der Waals surface area contributed by atoms with Crippen LogP contribution in [-0.2, 0) is 49.6 Å². The van der Waals surface area contributed by atoms with Gasteiger partial charge in [-0.15, -0.1) is 0 Å². The van der Waals surface area contributed by atoms with E-state index in [0.717, 1.165) is 32.1 Å². The van der Waals surface area contributed by atoms with E-state index in [-0.39, 0.29) is 72.9 Å². The summed E-state index contributed by atoms with van der Waals surface area (Å²) >= 11 is 12.1. The van der Waals surface area contributed by atoms with Crippen molar-refractivity contribution >= 4 is 82.2 Å². The highest BCUT2D eigenvalue weighted by Crippen LogP contribution is 2.28. The van der Waals surface area contributed by atoms with E-state index >= 15 is 0 Å². The van der Waals surface area contributed by atoms with Crippen LogP contribution in [-0.4, -0.2) is 95.8 Å². The van der Waals surface area contributed by atoms with E-state index in [9.17, 15) is 43.2 Å². The molecule has 0 aliphatic heterocycles. The van der Waals surface area contributed by atoms with Crippen molar-refractivity contribution in [3.8, 4) is 0 Å². The van der Waals surface area contributed by atoms with E-state index in [1.165, 1.54) is 19.1 Å². The molecule has 0 spiro atoms. The minimum absolute atomic E-state index is 0.0205. The van der Waals surface area contributed by atoms with Gasteiger partial charge >= 0.3 is 0 Å². The highest BCUT2D eigenvalue weighted by Gasteiger charge is 2.35. The Morgan fingerprint density at radius 3 is 1.86 bits per heavy atom. The Morgan fingerprint density at radius 1 is 0.703 bits per heavy atom. The van der Waals surface area contributed by atoms with Crippen molar-refractivity contribution < 1.29 is 43.2 Å². The summed E-state index contributed by atoms with van der Waals surface area (Å²) in [4.78, 5) is 118. The number of hydrogen-bond donors (Lipinski definition) is 11. The van der Waals surface area contributed by atoms with Gasteiger partial charge in [-0.3, -0.25) is 48.6 Å². The third kappa shape index (κ3) is 20.8. The van der Waals surface area contributed by atoms with Gasteiger partial charge < -0.3 is 54.8 Å². The molecule has 20 nitrogen and oxygen atoms in total.